The Balaban J connectivity index is 0.00000132. The number of nitrogens with zero attached hydrogens (tertiary/aromatic N) is 5. The van der Waals surface area contributed by atoms with Gasteiger partial charge in [0.05, 0.1) is 13.1 Å². The number of piperazine rings is 1. The largest absolute Gasteiger partial charge is 0.336 e. The number of hydrogen-bond acceptors (Lipinski definition) is 4. The topological polar surface area (TPSA) is 54.3 Å². The van der Waals surface area contributed by atoms with E-state index in [0.717, 1.165) is 18.9 Å². The van der Waals surface area contributed by atoms with Gasteiger partial charge in [-0.25, -0.2) is 4.98 Å². The first kappa shape index (κ1) is 19.4. The van der Waals surface area contributed by atoms with E-state index in [1.807, 2.05) is 30.1 Å². The van der Waals surface area contributed by atoms with Crippen LogP contribution in [0.3, 0.4) is 0 Å². The zero-order chi connectivity index (χ0) is 14.7. The number of halogens is 2. The zero-order valence-electron chi connectivity index (χ0n) is 13.0. The smallest absolute Gasteiger partial charge is 0.237 e. The van der Waals surface area contributed by atoms with Gasteiger partial charge in [-0.3, -0.25) is 14.4 Å². The van der Waals surface area contributed by atoms with Gasteiger partial charge in [-0.05, 0) is 5.56 Å². The lowest BCUT2D eigenvalue weighted by Crippen LogP contribution is -2.49. The van der Waals surface area contributed by atoms with Gasteiger partial charge < -0.3 is 4.90 Å². The second-order valence-electron chi connectivity index (χ2n) is 5.31. The van der Waals surface area contributed by atoms with Crippen molar-refractivity contribution in [1.29, 1.82) is 0 Å². The van der Waals surface area contributed by atoms with Crippen molar-refractivity contribution in [2.75, 3.05) is 19.6 Å². The number of carbonyl (C=O) groups is 1. The standard InChI is InChI=1S/C15H19N5O.2ClH/c1-18-14(16-12-17-18)10-19-7-8-20(15(21)11-19)9-13-5-3-2-4-6-13;;/h2-6,12H,7-11H2,1H3;2*1H. The second kappa shape index (κ2) is 8.86. The first-order valence-electron chi connectivity index (χ1n) is 7.09. The third-order valence-electron chi connectivity index (χ3n) is 3.78. The monoisotopic (exact) mass is 357 g/mol. The molecule has 0 spiro atoms. The van der Waals surface area contributed by atoms with Crippen molar-refractivity contribution < 1.29 is 4.79 Å². The third-order valence-corrected chi connectivity index (χ3v) is 3.78. The fourth-order valence-electron chi connectivity index (χ4n) is 2.53. The van der Waals surface area contributed by atoms with E-state index in [-0.39, 0.29) is 30.7 Å². The van der Waals surface area contributed by atoms with Crippen LogP contribution >= 0.6 is 24.8 Å². The molecule has 1 fully saturated rings. The maximum atomic E-state index is 12.3. The molecular weight excluding hydrogens is 337 g/mol. The highest BCUT2D eigenvalue weighted by Gasteiger charge is 2.24. The minimum Gasteiger partial charge on any atom is -0.336 e. The van der Waals surface area contributed by atoms with Crippen molar-refractivity contribution in [3.8, 4) is 0 Å². The average Bonchev–Trinajstić information content (AvgIpc) is 2.88. The van der Waals surface area contributed by atoms with E-state index in [4.69, 9.17) is 0 Å². The molecule has 0 atom stereocenters. The number of benzene rings is 1. The van der Waals surface area contributed by atoms with Crippen LogP contribution in [0.15, 0.2) is 36.7 Å². The lowest BCUT2D eigenvalue weighted by molar-refractivity contribution is -0.136. The van der Waals surface area contributed by atoms with Gasteiger partial charge in [-0.15, -0.1) is 24.8 Å². The van der Waals surface area contributed by atoms with Gasteiger partial charge in [-0.2, -0.15) is 5.10 Å². The van der Waals surface area contributed by atoms with Crippen molar-refractivity contribution >= 4 is 30.7 Å². The van der Waals surface area contributed by atoms with Gasteiger partial charge >= 0.3 is 0 Å². The summed E-state index contributed by atoms with van der Waals surface area (Å²) in [6, 6.07) is 10.1. The number of aromatic nitrogens is 3. The van der Waals surface area contributed by atoms with Crippen molar-refractivity contribution in [2.45, 2.75) is 13.1 Å². The minimum atomic E-state index is 0. The van der Waals surface area contributed by atoms with Gasteiger partial charge in [0.15, 0.2) is 0 Å². The Kier molecular flexibility index (Phi) is 7.48. The molecule has 1 aromatic carbocycles. The maximum absolute atomic E-state index is 12.3. The molecule has 2 aromatic rings. The summed E-state index contributed by atoms with van der Waals surface area (Å²) in [7, 11) is 1.87. The Morgan fingerprint density at radius 2 is 1.83 bits per heavy atom. The molecule has 0 saturated carbocycles. The van der Waals surface area contributed by atoms with Crippen LogP contribution in [0.2, 0.25) is 0 Å². The van der Waals surface area contributed by atoms with Crippen LogP contribution in [0.4, 0.5) is 0 Å². The number of hydrogen-bond donors (Lipinski definition) is 0. The molecule has 8 heteroatoms. The Morgan fingerprint density at radius 3 is 2.43 bits per heavy atom. The molecule has 1 aromatic heterocycles. The lowest BCUT2D eigenvalue weighted by Gasteiger charge is -2.34. The molecule has 0 bridgehead atoms. The van der Waals surface area contributed by atoms with Crippen LogP contribution in [0.1, 0.15) is 11.4 Å². The number of amides is 1. The second-order valence-corrected chi connectivity index (χ2v) is 5.31. The van der Waals surface area contributed by atoms with Gasteiger partial charge in [0.25, 0.3) is 0 Å². The summed E-state index contributed by atoms with van der Waals surface area (Å²) in [6.07, 6.45) is 1.54. The molecule has 1 saturated heterocycles. The highest BCUT2D eigenvalue weighted by Crippen LogP contribution is 2.11. The van der Waals surface area contributed by atoms with Crippen LogP contribution < -0.4 is 0 Å². The quantitative estimate of drug-likeness (QED) is 0.831. The number of aryl methyl sites for hydroxylation is 1. The van der Waals surface area contributed by atoms with E-state index in [1.165, 1.54) is 5.56 Å². The summed E-state index contributed by atoms with van der Waals surface area (Å²) < 4.78 is 1.75. The van der Waals surface area contributed by atoms with E-state index in [0.29, 0.717) is 19.6 Å². The van der Waals surface area contributed by atoms with Gasteiger partial charge in [0.2, 0.25) is 5.91 Å². The minimum absolute atomic E-state index is 0. The summed E-state index contributed by atoms with van der Waals surface area (Å²) >= 11 is 0. The fourth-order valence-corrected chi connectivity index (χ4v) is 2.53. The van der Waals surface area contributed by atoms with Crippen LogP contribution in [0.25, 0.3) is 0 Å². The Bertz CT molecular complexity index is 619. The van der Waals surface area contributed by atoms with E-state index in [9.17, 15) is 4.79 Å². The molecule has 1 amide bonds. The third kappa shape index (κ3) is 4.92. The molecule has 126 valence electrons. The van der Waals surface area contributed by atoms with Crippen LogP contribution in [0, 0.1) is 0 Å². The van der Waals surface area contributed by atoms with Crippen molar-refractivity contribution in [3.63, 3.8) is 0 Å². The number of carbonyl (C=O) groups excluding carboxylic acids is 1. The molecule has 0 aliphatic carbocycles. The average molecular weight is 358 g/mol. The first-order chi connectivity index (χ1) is 10.2. The molecular formula is C15H21Cl2N5O. The van der Waals surface area contributed by atoms with Crippen LogP contribution in [-0.2, 0) is 24.9 Å². The SMILES string of the molecule is Cl.Cl.Cn1ncnc1CN1CCN(Cc2ccccc2)C(=O)C1. The van der Waals surface area contributed by atoms with Gasteiger partial charge in [0, 0.05) is 26.7 Å². The predicted molar refractivity (Wildman–Crippen MR) is 92.6 cm³/mol. The molecule has 0 unspecified atom stereocenters. The van der Waals surface area contributed by atoms with E-state index in [1.54, 1.807) is 11.0 Å². The molecule has 3 rings (SSSR count). The van der Waals surface area contributed by atoms with Crippen LogP contribution in [-0.4, -0.2) is 50.1 Å². The van der Waals surface area contributed by atoms with Crippen LogP contribution in [0.5, 0.6) is 0 Å². The number of rotatable bonds is 4. The predicted octanol–water partition coefficient (Wildman–Crippen LogP) is 1.50. The van der Waals surface area contributed by atoms with Crippen molar-refractivity contribution in [3.05, 3.63) is 48.0 Å². The molecule has 0 N–H and O–H groups in total. The maximum Gasteiger partial charge on any atom is 0.237 e. The zero-order valence-corrected chi connectivity index (χ0v) is 14.6. The fraction of sp³-hybridized carbons (Fsp3) is 0.400. The molecule has 6 nitrogen and oxygen atoms in total. The molecule has 2 heterocycles. The molecule has 1 aliphatic heterocycles. The molecule has 23 heavy (non-hydrogen) atoms. The van der Waals surface area contributed by atoms with E-state index >= 15 is 0 Å². The highest BCUT2D eigenvalue weighted by molar-refractivity contribution is 5.85. The van der Waals surface area contributed by atoms with Gasteiger partial charge in [0.1, 0.15) is 12.2 Å². The van der Waals surface area contributed by atoms with E-state index in [2.05, 4.69) is 27.1 Å². The molecule has 0 radical (unpaired) electrons. The van der Waals surface area contributed by atoms with Gasteiger partial charge in [-0.1, -0.05) is 30.3 Å². The summed E-state index contributed by atoms with van der Waals surface area (Å²) in [5.41, 5.74) is 1.17. The Labute approximate surface area is 148 Å². The molecule has 1 aliphatic rings. The summed E-state index contributed by atoms with van der Waals surface area (Å²) in [5.74, 6) is 1.06. The van der Waals surface area contributed by atoms with Crippen molar-refractivity contribution in [1.82, 2.24) is 24.6 Å². The highest BCUT2D eigenvalue weighted by atomic mass is 35.5. The Hall–Kier alpha value is -1.63. The normalized spacial score (nSPS) is 15.0. The summed E-state index contributed by atoms with van der Waals surface area (Å²) in [4.78, 5) is 20.5. The Morgan fingerprint density at radius 1 is 1.09 bits per heavy atom. The first-order valence-corrected chi connectivity index (χ1v) is 7.09. The summed E-state index contributed by atoms with van der Waals surface area (Å²) in [5, 5.41) is 4.06. The van der Waals surface area contributed by atoms with E-state index < -0.39 is 0 Å². The summed E-state index contributed by atoms with van der Waals surface area (Å²) in [6.45, 7) is 3.43. The van der Waals surface area contributed by atoms with Crippen molar-refractivity contribution in [2.24, 2.45) is 7.05 Å². The lowest BCUT2D eigenvalue weighted by atomic mass is 10.2.